The van der Waals surface area contributed by atoms with E-state index in [9.17, 15) is 9.18 Å². The minimum atomic E-state index is -0.313. The van der Waals surface area contributed by atoms with E-state index in [1.165, 1.54) is 18.6 Å². The van der Waals surface area contributed by atoms with Gasteiger partial charge in [0, 0.05) is 49.4 Å². The van der Waals surface area contributed by atoms with Crippen LogP contribution in [0, 0.1) is 5.82 Å². The van der Waals surface area contributed by atoms with Gasteiger partial charge in [0.15, 0.2) is 0 Å². The highest BCUT2D eigenvalue weighted by Crippen LogP contribution is 2.26. The van der Waals surface area contributed by atoms with E-state index in [4.69, 9.17) is 0 Å². The summed E-state index contributed by atoms with van der Waals surface area (Å²) in [6, 6.07) is 6.32. The number of hydrogen-bond donors (Lipinski definition) is 1. The van der Waals surface area contributed by atoms with Gasteiger partial charge in [-0.05, 0) is 50.7 Å². The van der Waals surface area contributed by atoms with Crippen molar-refractivity contribution in [2.75, 3.05) is 33.2 Å². The standard InChI is InChI=1S/C21H25FN6O/c1-26-7-2-3-15(13-26)20-25-24-19-6-8-27(9-10-28(19)20)21(29)18-11-14-4-5-16(22)12-17(14)23-18/h4-5,11-12,15,23H,2-3,6-10,13H2,1H3. The number of carbonyl (C=O) groups is 1. The fourth-order valence-corrected chi connectivity index (χ4v) is 4.61. The number of likely N-dealkylation sites (N-methyl/N-ethyl adjacent to an activating group) is 1. The van der Waals surface area contributed by atoms with Crippen molar-refractivity contribution in [3.05, 3.63) is 47.4 Å². The Hall–Kier alpha value is -2.74. The highest BCUT2D eigenvalue weighted by molar-refractivity contribution is 5.98. The molecule has 4 heterocycles. The minimum Gasteiger partial charge on any atom is -0.350 e. The van der Waals surface area contributed by atoms with Gasteiger partial charge in [-0.15, -0.1) is 10.2 Å². The molecule has 2 aliphatic heterocycles. The number of likely N-dealkylation sites (tertiary alicyclic amines) is 1. The van der Waals surface area contributed by atoms with Crippen molar-refractivity contribution >= 4 is 16.8 Å². The number of rotatable bonds is 2. The number of halogens is 1. The number of piperidine rings is 1. The maximum Gasteiger partial charge on any atom is 0.270 e. The zero-order valence-electron chi connectivity index (χ0n) is 16.6. The number of aromatic nitrogens is 4. The molecule has 0 saturated carbocycles. The molecule has 2 aliphatic rings. The lowest BCUT2D eigenvalue weighted by molar-refractivity contribution is 0.0753. The summed E-state index contributed by atoms with van der Waals surface area (Å²) in [6.45, 7) is 4.06. The normalized spacial score (nSPS) is 20.6. The summed E-state index contributed by atoms with van der Waals surface area (Å²) in [4.78, 5) is 20.3. The Bertz CT molecular complexity index is 1060. The van der Waals surface area contributed by atoms with E-state index in [1.807, 2.05) is 4.90 Å². The van der Waals surface area contributed by atoms with Crippen LogP contribution in [0.15, 0.2) is 24.3 Å². The molecule has 2 aromatic heterocycles. The topological polar surface area (TPSA) is 70.1 Å². The monoisotopic (exact) mass is 396 g/mol. The Balaban J connectivity index is 1.34. The van der Waals surface area contributed by atoms with E-state index < -0.39 is 0 Å². The number of fused-ring (bicyclic) bond motifs is 2. The predicted molar refractivity (Wildman–Crippen MR) is 107 cm³/mol. The Labute approximate surface area is 168 Å². The number of carbonyl (C=O) groups excluding carboxylic acids is 1. The molecule has 7 nitrogen and oxygen atoms in total. The first-order chi connectivity index (χ1) is 14.1. The molecule has 0 aliphatic carbocycles. The third-order valence-corrected chi connectivity index (χ3v) is 6.15. The second-order valence-electron chi connectivity index (χ2n) is 8.18. The molecule has 1 N–H and O–H groups in total. The first-order valence-corrected chi connectivity index (χ1v) is 10.3. The number of nitrogens with one attached hydrogen (secondary N) is 1. The molecule has 1 fully saturated rings. The van der Waals surface area contributed by atoms with E-state index in [1.54, 1.807) is 12.1 Å². The first kappa shape index (κ1) is 18.3. The molecule has 1 atom stereocenters. The van der Waals surface area contributed by atoms with Crippen molar-refractivity contribution in [3.63, 3.8) is 0 Å². The van der Waals surface area contributed by atoms with Crippen LogP contribution in [0.1, 0.15) is 40.9 Å². The van der Waals surface area contributed by atoms with Gasteiger partial charge < -0.3 is 19.4 Å². The van der Waals surface area contributed by atoms with Gasteiger partial charge in [-0.1, -0.05) is 0 Å². The van der Waals surface area contributed by atoms with Gasteiger partial charge >= 0.3 is 0 Å². The molecule has 0 bridgehead atoms. The summed E-state index contributed by atoms with van der Waals surface area (Å²) < 4.78 is 15.7. The van der Waals surface area contributed by atoms with Crippen LogP contribution in [0.3, 0.4) is 0 Å². The fourth-order valence-electron chi connectivity index (χ4n) is 4.61. The number of benzene rings is 1. The van der Waals surface area contributed by atoms with Gasteiger partial charge in [-0.2, -0.15) is 0 Å². The highest BCUT2D eigenvalue weighted by atomic mass is 19.1. The number of amides is 1. The summed E-state index contributed by atoms with van der Waals surface area (Å²) >= 11 is 0. The zero-order valence-corrected chi connectivity index (χ0v) is 16.6. The molecular formula is C21H25FN6O. The van der Waals surface area contributed by atoms with Crippen molar-refractivity contribution in [1.82, 2.24) is 29.5 Å². The number of hydrogen-bond acceptors (Lipinski definition) is 4. The molecule has 152 valence electrons. The number of aromatic amines is 1. The average Bonchev–Trinajstić information content (AvgIpc) is 3.25. The lowest BCUT2D eigenvalue weighted by Gasteiger charge is -2.29. The predicted octanol–water partition coefficient (Wildman–Crippen LogP) is 2.41. The molecule has 0 radical (unpaired) electrons. The summed E-state index contributed by atoms with van der Waals surface area (Å²) in [5.74, 6) is 2.05. The average molecular weight is 396 g/mol. The Morgan fingerprint density at radius 3 is 2.93 bits per heavy atom. The lowest BCUT2D eigenvalue weighted by atomic mass is 9.97. The van der Waals surface area contributed by atoms with E-state index in [0.717, 1.165) is 36.5 Å². The quantitative estimate of drug-likeness (QED) is 0.722. The molecule has 1 aromatic carbocycles. The fraction of sp³-hybridized carbons (Fsp3) is 0.476. The molecule has 0 spiro atoms. The Morgan fingerprint density at radius 1 is 1.17 bits per heavy atom. The summed E-state index contributed by atoms with van der Waals surface area (Å²) in [5.41, 5.74) is 1.14. The number of H-pyrrole nitrogens is 1. The van der Waals surface area contributed by atoms with Crippen molar-refractivity contribution in [2.24, 2.45) is 0 Å². The molecule has 8 heteroatoms. The van der Waals surface area contributed by atoms with Crippen LogP contribution >= 0.6 is 0 Å². The van der Waals surface area contributed by atoms with Crippen LogP contribution in [-0.2, 0) is 13.0 Å². The molecular weight excluding hydrogens is 371 g/mol. The maximum absolute atomic E-state index is 13.5. The van der Waals surface area contributed by atoms with Crippen LogP contribution in [0.5, 0.6) is 0 Å². The van der Waals surface area contributed by atoms with E-state index in [2.05, 4.69) is 31.7 Å². The highest BCUT2D eigenvalue weighted by Gasteiger charge is 2.28. The van der Waals surface area contributed by atoms with Gasteiger partial charge in [0.2, 0.25) is 0 Å². The first-order valence-electron chi connectivity index (χ1n) is 10.3. The smallest absolute Gasteiger partial charge is 0.270 e. The van der Waals surface area contributed by atoms with Crippen LogP contribution < -0.4 is 0 Å². The van der Waals surface area contributed by atoms with Gasteiger partial charge in [-0.25, -0.2) is 4.39 Å². The summed E-state index contributed by atoms with van der Waals surface area (Å²) in [7, 11) is 2.15. The molecule has 1 saturated heterocycles. The van der Waals surface area contributed by atoms with Crippen LogP contribution in [0.25, 0.3) is 10.9 Å². The van der Waals surface area contributed by atoms with Gasteiger partial charge in [0.05, 0.1) is 0 Å². The van der Waals surface area contributed by atoms with E-state index in [-0.39, 0.29) is 11.7 Å². The third-order valence-electron chi connectivity index (χ3n) is 6.15. The van der Waals surface area contributed by atoms with Gasteiger partial charge in [0.1, 0.15) is 23.2 Å². The minimum absolute atomic E-state index is 0.0562. The second-order valence-corrected chi connectivity index (χ2v) is 8.18. The molecule has 29 heavy (non-hydrogen) atoms. The van der Waals surface area contributed by atoms with E-state index >= 15 is 0 Å². The molecule has 5 rings (SSSR count). The SMILES string of the molecule is CN1CCCC(c2nnc3n2CCN(C(=O)c2cc4ccc(F)cc4[nH]2)CC3)C1. The third kappa shape index (κ3) is 3.42. The van der Waals surface area contributed by atoms with Crippen molar-refractivity contribution < 1.29 is 9.18 Å². The second kappa shape index (κ2) is 7.26. The zero-order chi connectivity index (χ0) is 20.0. The molecule has 3 aromatic rings. The van der Waals surface area contributed by atoms with Crippen LogP contribution in [-0.4, -0.2) is 68.7 Å². The van der Waals surface area contributed by atoms with Crippen molar-refractivity contribution in [3.8, 4) is 0 Å². The van der Waals surface area contributed by atoms with Crippen molar-refractivity contribution in [1.29, 1.82) is 0 Å². The lowest BCUT2D eigenvalue weighted by Crippen LogP contribution is -2.34. The molecule has 1 unspecified atom stereocenters. The van der Waals surface area contributed by atoms with Crippen LogP contribution in [0.2, 0.25) is 0 Å². The molecule has 1 amide bonds. The van der Waals surface area contributed by atoms with E-state index in [0.29, 0.717) is 43.2 Å². The van der Waals surface area contributed by atoms with Crippen molar-refractivity contribution in [2.45, 2.75) is 31.7 Å². The number of nitrogens with zero attached hydrogens (tertiary/aromatic N) is 5. The maximum atomic E-state index is 13.5. The van der Waals surface area contributed by atoms with Gasteiger partial charge in [-0.3, -0.25) is 4.79 Å². The van der Waals surface area contributed by atoms with Gasteiger partial charge in [0.25, 0.3) is 5.91 Å². The summed E-state index contributed by atoms with van der Waals surface area (Å²) in [6.07, 6.45) is 3.00. The van der Waals surface area contributed by atoms with Crippen LogP contribution in [0.4, 0.5) is 4.39 Å². The Morgan fingerprint density at radius 2 is 2.07 bits per heavy atom. The summed E-state index contributed by atoms with van der Waals surface area (Å²) in [5, 5.41) is 9.78. The largest absolute Gasteiger partial charge is 0.350 e. The Kier molecular flexibility index (Phi) is 4.58.